The largest absolute Gasteiger partial charge is 0.428 e. The number of carbonyl (C=O) groups is 2. The van der Waals surface area contributed by atoms with Gasteiger partial charge in [-0.05, 0) is 35.0 Å². The van der Waals surface area contributed by atoms with Gasteiger partial charge in [-0.3, -0.25) is 0 Å². The topological polar surface area (TPSA) is 52.6 Å². The number of benzene rings is 2. The van der Waals surface area contributed by atoms with E-state index in [1.54, 1.807) is 36.4 Å². The Morgan fingerprint density at radius 3 is 1.56 bits per heavy atom. The van der Waals surface area contributed by atoms with Gasteiger partial charge in [-0.2, -0.15) is 0 Å². The highest BCUT2D eigenvalue weighted by Crippen LogP contribution is 2.19. The molecule has 3 aliphatic heterocycles. The zero-order valence-electron chi connectivity index (χ0n) is 9.25. The molecule has 0 fully saturated rings. The summed E-state index contributed by atoms with van der Waals surface area (Å²) in [6, 6.07) is 10.3. The molecular formula is C14H8O4. The summed E-state index contributed by atoms with van der Waals surface area (Å²) in [5.74, 6) is -0.984. The molecule has 3 heterocycles. The van der Waals surface area contributed by atoms with Gasteiger partial charge in [-0.15, -0.1) is 0 Å². The lowest BCUT2D eigenvalue weighted by Gasteiger charge is -2.06. The van der Waals surface area contributed by atoms with Gasteiger partial charge in [0.2, 0.25) is 0 Å². The second kappa shape index (κ2) is 4.00. The Bertz CT molecular complexity index is 626. The first kappa shape index (κ1) is 10.5. The van der Waals surface area contributed by atoms with E-state index in [9.17, 15) is 9.59 Å². The average molecular weight is 240 g/mol. The first-order chi connectivity index (χ1) is 8.74. The Morgan fingerprint density at radius 2 is 1.11 bits per heavy atom. The number of carbonyl (C=O) groups excluding carboxylic acids is 2. The number of esters is 2. The minimum atomic E-state index is -0.492. The second-order valence-corrected chi connectivity index (χ2v) is 3.86. The highest BCUT2D eigenvalue weighted by Gasteiger charge is 2.11. The Kier molecular flexibility index (Phi) is 2.34. The van der Waals surface area contributed by atoms with Crippen molar-refractivity contribution < 1.29 is 19.1 Å². The molecule has 0 spiro atoms. The van der Waals surface area contributed by atoms with E-state index in [1.807, 2.05) is 0 Å². The maximum Gasteiger partial charge on any atom is 0.343 e. The van der Waals surface area contributed by atoms with Gasteiger partial charge in [-0.25, -0.2) is 9.59 Å². The highest BCUT2D eigenvalue weighted by molar-refractivity contribution is 5.99. The molecule has 5 rings (SSSR count). The third kappa shape index (κ3) is 1.73. The fourth-order valence-electron chi connectivity index (χ4n) is 1.81. The van der Waals surface area contributed by atoms with Gasteiger partial charge >= 0.3 is 11.9 Å². The lowest BCUT2D eigenvalue weighted by Crippen LogP contribution is -2.04. The standard InChI is InChI=1S/C14H8O4/c15-13-11-3-1-9-7-12(4-2-10(9)8-11)14(16)18-6-5-17-13/h1-8H. The molecule has 2 aromatic rings. The van der Waals surface area contributed by atoms with Gasteiger partial charge in [-0.1, -0.05) is 12.1 Å². The molecule has 2 aromatic carbocycles. The molecule has 0 N–H and O–H groups in total. The van der Waals surface area contributed by atoms with Gasteiger partial charge in [0, 0.05) is 0 Å². The summed E-state index contributed by atoms with van der Waals surface area (Å²) in [6.45, 7) is 0. The van der Waals surface area contributed by atoms with E-state index in [2.05, 4.69) is 0 Å². The summed E-state index contributed by atoms with van der Waals surface area (Å²) in [4.78, 5) is 23.3. The van der Waals surface area contributed by atoms with Crippen LogP contribution in [0.25, 0.3) is 10.8 Å². The molecule has 0 aliphatic carbocycles. The van der Waals surface area contributed by atoms with E-state index in [0.717, 1.165) is 23.3 Å². The molecule has 0 atom stereocenters. The minimum Gasteiger partial charge on any atom is -0.428 e. The molecule has 0 saturated carbocycles. The van der Waals surface area contributed by atoms with Crippen LogP contribution in [0.2, 0.25) is 0 Å². The maximum atomic E-state index is 11.6. The Hall–Kier alpha value is -2.62. The third-order valence-corrected chi connectivity index (χ3v) is 2.72. The van der Waals surface area contributed by atoms with Crippen LogP contribution in [-0.4, -0.2) is 11.9 Å². The first-order valence-corrected chi connectivity index (χ1v) is 5.35. The molecule has 4 nitrogen and oxygen atoms in total. The van der Waals surface area contributed by atoms with Crippen LogP contribution >= 0.6 is 0 Å². The van der Waals surface area contributed by atoms with Crippen LogP contribution in [0, 0.1) is 0 Å². The van der Waals surface area contributed by atoms with Crippen molar-refractivity contribution in [2.75, 3.05) is 0 Å². The number of fused-ring (bicyclic) bond motifs is 2. The molecule has 18 heavy (non-hydrogen) atoms. The lowest BCUT2D eigenvalue weighted by molar-refractivity contribution is 0.0599. The van der Waals surface area contributed by atoms with Crippen molar-refractivity contribution in [1.82, 2.24) is 0 Å². The first-order valence-electron chi connectivity index (χ1n) is 5.35. The van der Waals surface area contributed by atoms with E-state index in [1.165, 1.54) is 0 Å². The lowest BCUT2D eigenvalue weighted by atomic mass is 10.0. The zero-order chi connectivity index (χ0) is 12.5. The monoisotopic (exact) mass is 240 g/mol. The predicted molar refractivity (Wildman–Crippen MR) is 63.9 cm³/mol. The molecule has 0 aromatic heterocycles. The molecule has 0 radical (unpaired) electrons. The van der Waals surface area contributed by atoms with E-state index in [4.69, 9.17) is 9.47 Å². The van der Waals surface area contributed by atoms with E-state index < -0.39 is 11.9 Å². The molecular weight excluding hydrogens is 232 g/mol. The summed E-state index contributed by atoms with van der Waals surface area (Å²) in [6.07, 6.45) is 2.11. The second-order valence-electron chi connectivity index (χ2n) is 3.86. The fourth-order valence-corrected chi connectivity index (χ4v) is 1.81. The smallest absolute Gasteiger partial charge is 0.343 e. The van der Waals surface area contributed by atoms with E-state index in [-0.39, 0.29) is 0 Å². The summed E-state index contributed by atoms with van der Waals surface area (Å²) in [7, 11) is 0. The molecule has 0 unspecified atom stereocenters. The van der Waals surface area contributed by atoms with Gasteiger partial charge in [0.05, 0.1) is 11.1 Å². The van der Waals surface area contributed by atoms with E-state index >= 15 is 0 Å². The van der Waals surface area contributed by atoms with Crippen molar-refractivity contribution in [3.05, 3.63) is 60.0 Å². The summed E-state index contributed by atoms with van der Waals surface area (Å²) >= 11 is 0. The van der Waals surface area contributed by atoms with Crippen LogP contribution < -0.4 is 0 Å². The third-order valence-electron chi connectivity index (χ3n) is 2.72. The number of hydrogen-bond acceptors (Lipinski definition) is 4. The highest BCUT2D eigenvalue weighted by atomic mass is 16.6. The van der Waals surface area contributed by atoms with Crippen molar-refractivity contribution in [3.63, 3.8) is 0 Å². The average Bonchev–Trinajstić information content (AvgIpc) is 2.40. The predicted octanol–water partition coefficient (Wildman–Crippen LogP) is 2.64. The van der Waals surface area contributed by atoms with E-state index in [0.29, 0.717) is 11.1 Å². The number of rotatable bonds is 0. The quantitative estimate of drug-likeness (QED) is 0.664. The molecule has 4 heteroatoms. The van der Waals surface area contributed by atoms with Gasteiger partial charge in [0.25, 0.3) is 0 Å². The number of ether oxygens (including phenoxy) is 2. The molecule has 3 aliphatic rings. The van der Waals surface area contributed by atoms with Crippen LogP contribution in [0.15, 0.2) is 48.9 Å². The van der Waals surface area contributed by atoms with Gasteiger partial charge in [0.1, 0.15) is 12.5 Å². The normalized spacial score (nSPS) is 14.4. The molecule has 4 bridgehead atoms. The maximum absolute atomic E-state index is 11.6. The van der Waals surface area contributed by atoms with Crippen LogP contribution in [-0.2, 0) is 9.47 Å². The summed E-state index contributed by atoms with van der Waals surface area (Å²) in [5, 5.41) is 1.73. The fraction of sp³-hybridized carbons (Fsp3) is 0. The Balaban J connectivity index is 2.26. The summed E-state index contributed by atoms with van der Waals surface area (Å²) in [5.41, 5.74) is 0.901. The number of hydrogen-bond donors (Lipinski definition) is 0. The minimum absolute atomic E-state index is 0.451. The zero-order valence-corrected chi connectivity index (χ0v) is 9.25. The van der Waals surface area contributed by atoms with Crippen molar-refractivity contribution in [2.45, 2.75) is 0 Å². The van der Waals surface area contributed by atoms with Crippen LogP contribution in [0.3, 0.4) is 0 Å². The Labute approximate surface area is 102 Å². The van der Waals surface area contributed by atoms with Crippen molar-refractivity contribution in [2.24, 2.45) is 0 Å². The molecule has 0 amide bonds. The molecule has 0 saturated heterocycles. The van der Waals surface area contributed by atoms with Crippen molar-refractivity contribution in [1.29, 1.82) is 0 Å². The van der Waals surface area contributed by atoms with Crippen LogP contribution in [0.1, 0.15) is 20.7 Å². The van der Waals surface area contributed by atoms with Gasteiger partial charge < -0.3 is 9.47 Å². The summed E-state index contributed by atoms with van der Waals surface area (Å²) < 4.78 is 9.63. The van der Waals surface area contributed by atoms with Crippen molar-refractivity contribution >= 4 is 22.7 Å². The Morgan fingerprint density at radius 1 is 0.667 bits per heavy atom. The van der Waals surface area contributed by atoms with Gasteiger partial charge in [0.15, 0.2) is 0 Å². The van der Waals surface area contributed by atoms with Crippen molar-refractivity contribution in [3.8, 4) is 0 Å². The SMILES string of the molecule is O=C1OC=COC(=O)c2ccc3cc1ccc3c2. The van der Waals surface area contributed by atoms with Crippen LogP contribution in [0.4, 0.5) is 0 Å². The van der Waals surface area contributed by atoms with Crippen LogP contribution in [0.5, 0.6) is 0 Å². The molecule has 88 valence electrons.